The van der Waals surface area contributed by atoms with Gasteiger partial charge in [0.1, 0.15) is 0 Å². The van der Waals surface area contributed by atoms with Gasteiger partial charge in [-0.1, -0.05) is 0 Å². The van der Waals surface area contributed by atoms with Crippen LogP contribution >= 0.6 is 11.8 Å². The summed E-state index contributed by atoms with van der Waals surface area (Å²) in [6.07, 6.45) is 2.09. The summed E-state index contributed by atoms with van der Waals surface area (Å²) in [5, 5.41) is 0. The zero-order valence-electron chi connectivity index (χ0n) is 7.36. The van der Waals surface area contributed by atoms with E-state index >= 15 is 0 Å². The van der Waals surface area contributed by atoms with Crippen LogP contribution < -0.4 is 0 Å². The number of hydrogen-bond donors (Lipinski definition) is 0. The van der Waals surface area contributed by atoms with E-state index in [1.165, 1.54) is 10.5 Å². The van der Waals surface area contributed by atoms with E-state index in [1.54, 1.807) is 11.8 Å². The molecular weight excluding hydrogens is 142 g/mol. The zero-order valence-corrected chi connectivity index (χ0v) is 8.17. The molecule has 0 saturated carbocycles. The molecule has 0 aliphatic heterocycles. The largest absolute Gasteiger partial charge is 0.293 e. The van der Waals surface area contributed by atoms with Gasteiger partial charge in [0.25, 0.3) is 0 Å². The van der Waals surface area contributed by atoms with Crippen molar-refractivity contribution in [2.24, 2.45) is 4.99 Å². The van der Waals surface area contributed by atoms with Crippen LogP contribution in [0.2, 0.25) is 0 Å². The standard InChI is InChI=1S/C8H15NS/c1-6(7(2)9-4)8(3)10-5/h1-5H3/b8-6+,9-7+. The molecule has 2 heteroatoms. The van der Waals surface area contributed by atoms with Crippen LogP contribution in [0, 0.1) is 0 Å². The molecule has 0 aromatic heterocycles. The third-order valence-electron chi connectivity index (χ3n) is 1.71. The molecule has 0 N–H and O–H groups in total. The third-order valence-corrected chi connectivity index (χ3v) is 2.63. The molecule has 0 amide bonds. The van der Waals surface area contributed by atoms with Gasteiger partial charge in [-0.3, -0.25) is 4.99 Å². The van der Waals surface area contributed by atoms with E-state index in [4.69, 9.17) is 0 Å². The molecular formula is C8H15NS. The van der Waals surface area contributed by atoms with E-state index in [2.05, 4.69) is 25.1 Å². The van der Waals surface area contributed by atoms with Crippen molar-refractivity contribution in [3.63, 3.8) is 0 Å². The molecule has 10 heavy (non-hydrogen) atoms. The Morgan fingerprint density at radius 1 is 1.20 bits per heavy atom. The van der Waals surface area contributed by atoms with Crippen molar-refractivity contribution in [1.82, 2.24) is 0 Å². The fraction of sp³-hybridized carbons (Fsp3) is 0.625. The van der Waals surface area contributed by atoms with Gasteiger partial charge in [-0.25, -0.2) is 0 Å². The van der Waals surface area contributed by atoms with Crippen molar-refractivity contribution >= 4 is 17.5 Å². The minimum atomic E-state index is 1.13. The number of thioether (sulfide) groups is 1. The van der Waals surface area contributed by atoms with Crippen LogP contribution in [0.5, 0.6) is 0 Å². The molecule has 58 valence electrons. The molecule has 0 aliphatic carbocycles. The van der Waals surface area contributed by atoms with Crippen molar-refractivity contribution in [3.05, 3.63) is 10.5 Å². The zero-order chi connectivity index (χ0) is 8.15. The minimum Gasteiger partial charge on any atom is -0.293 e. The summed E-state index contributed by atoms with van der Waals surface area (Å²) in [6.45, 7) is 6.26. The second-order valence-corrected chi connectivity index (χ2v) is 3.21. The molecule has 0 fully saturated rings. The number of nitrogens with zero attached hydrogens (tertiary/aromatic N) is 1. The molecule has 0 aromatic rings. The normalized spacial score (nSPS) is 15.1. The van der Waals surface area contributed by atoms with Gasteiger partial charge >= 0.3 is 0 Å². The van der Waals surface area contributed by atoms with Crippen LogP contribution in [-0.2, 0) is 0 Å². The molecule has 0 saturated heterocycles. The first-order chi connectivity index (χ1) is 4.63. The summed E-state index contributed by atoms with van der Waals surface area (Å²) in [6, 6.07) is 0. The predicted molar refractivity (Wildman–Crippen MR) is 50.9 cm³/mol. The van der Waals surface area contributed by atoms with Gasteiger partial charge in [0.15, 0.2) is 0 Å². The van der Waals surface area contributed by atoms with Crippen LogP contribution in [-0.4, -0.2) is 19.0 Å². The fourth-order valence-electron chi connectivity index (χ4n) is 0.576. The maximum Gasteiger partial charge on any atom is 0.0350 e. The molecule has 0 aromatic carbocycles. The first-order valence-electron chi connectivity index (χ1n) is 3.28. The highest BCUT2D eigenvalue weighted by Gasteiger charge is 1.96. The monoisotopic (exact) mass is 157 g/mol. The Labute approximate surface area is 67.6 Å². The Morgan fingerprint density at radius 2 is 1.70 bits per heavy atom. The number of allylic oxidation sites excluding steroid dienone is 2. The SMILES string of the molecule is C/N=C(C)/C(C)=C(\C)SC. The van der Waals surface area contributed by atoms with E-state index in [0.29, 0.717) is 0 Å². The van der Waals surface area contributed by atoms with Gasteiger partial charge in [0.05, 0.1) is 0 Å². The van der Waals surface area contributed by atoms with E-state index in [1.807, 2.05) is 14.0 Å². The van der Waals surface area contributed by atoms with E-state index in [0.717, 1.165) is 5.71 Å². The Balaban J connectivity index is 4.46. The summed E-state index contributed by atoms with van der Waals surface area (Å²) in [7, 11) is 1.83. The summed E-state index contributed by atoms with van der Waals surface area (Å²) >= 11 is 1.78. The Bertz CT molecular complexity index is 168. The fourth-order valence-corrected chi connectivity index (χ4v) is 1.03. The van der Waals surface area contributed by atoms with Crippen molar-refractivity contribution < 1.29 is 0 Å². The summed E-state index contributed by atoms with van der Waals surface area (Å²) in [4.78, 5) is 5.45. The van der Waals surface area contributed by atoms with Gasteiger partial charge in [-0.15, -0.1) is 11.8 Å². The highest BCUT2D eigenvalue weighted by molar-refractivity contribution is 8.02. The van der Waals surface area contributed by atoms with Crippen LogP contribution in [0.25, 0.3) is 0 Å². The number of rotatable bonds is 2. The van der Waals surface area contributed by atoms with Crippen molar-refractivity contribution in [1.29, 1.82) is 0 Å². The van der Waals surface area contributed by atoms with Gasteiger partial charge in [0, 0.05) is 12.8 Å². The summed E-state index contributed by atoms with van der Waals surface area (Å²) in [5.41, 5.74) is 2.43. The molecule has 0 heterocycles. The van der Waals surface area contributed by atoms with Crippen LogP contribution in [0.3, 0.4) is 0 Å². The van der Waals surface area contributed by atoms with Crippen LogP contribution in [0.15, 0.2) is 15.5 Å². The molecule has 0 rings (SSSR count). The first-order valence-corrected chi connectivity index (χ1v) is 4.51. The van der Waals surface area contributed by atoms with Crippen LogP contribution in [0.1, 0.15) is 20.8 Å². The Kier molecular flexibility index (Phi) is 4.45. The highest BCUT2D eigenvalue weighted by Crippen LogP contribution is 2.16. The lowest BCUT2D eigenvalue weighted by Gasteiger charge is -2.02. The Morgan fingerprint density at radius 3 is 2.00 bits per heavy atom. The van der Waals surface area contributed by atoms with Gasteiger partial charge < -0.3 is 0 Å². The molecule has 0 atom stereocenters. The van der Waals surface area contributed by atoms with Crippen molar-refractivity contribution in [3.8, 4) is 0 Å². The lowest BCUT2D eigenvalue weighted by molar-refractivity contribution is 1.37. The molecule has 1 nitrogen and oxygen atoms in total. The maximum absolute atomic E-state index is 4.10. The molecule has 0 aliphatic rings. The van der Waals surface area contributed by atoms with E-state index in [9.17, 15) is 0 Å². The lowest BCUT2D eigenvalue weighted by atomic mass is 10.2. The Hall–Kier alpha value is -0.240. The van der Waals surface area contributed by atoms with Crippen molar-refractivity contribution in [2.75, 3.05) is 13.3 Å². The van der Waals surface area contributed by atoms with Gasteiger partial charge in [-0.2, -0.15) is 0 Å². The second-order valence-electron chi connectivity index (χ2n) is 2.19. The van der Waals surface area contributed by atoms with Gasteiger partial charge in [-0.05, 0) is 37.5 Å². The summed E-state index contributed by atoms with van der Waals surface area (Å²) in [5.74, 6) is 0. The maximum atomic E-state index is 4.10. The van der Waals surface area contributed by atoms with E-state index in [-0.39, 0.29) is 0 Å². The smallest absolute Gasteiger partial charge is 0.0350 e. The minimum absolute atomic E-state index is 1.13. The first kappa shape index (κ1) is 9.76. The molecule has 0 spiro atoms. The van der Waals surface area contributed by atoms with Crippen molar-refractivity contribution in [2.45, 2.75) is 20.8 Å². The highest BCUT2D eigenvalue weighted by atomic mass is 32.2. The average Bonchev–Trinajstić information content (AvgIpc) is 2.00. The topological polar surface area (TPSA) is 12.4 Å². The molecule has 0 unspecified atom stereocenters. The predicted octanol–water partition coefficient (Wildman–Crippen LogP) is 2.73. The third kappa shape index (κ3) is 2.56. The molecule has 0 bridgehead atoms. The average molecular weight is 157 g/mol. The lowest BCUT2D eigenvalue weighted by Crippen LogP contribution is -1.94. The second kappa shape index (κ2) is 4.56. The molecule has 0 radical (unpaired) electrons. The summed E-state index contributed by atoms with van der Waals surface area (Å²) < 4.78 is 0. The quantitative estimate of drug-likeness (QED) is 0.561. The van der Waals surface area contributed by atoms with E-state index < -0.39 is 0 Å². The number of hydrogen-bond acceptors (Lipinski definition) is 2. The van der Waals surface area contributed by atoms with Crippen LogP contribution in [0.4, 0.5) is 0 Å². The van der Waals surface area contributed by atoms with Gasteiger partial charge in [0.2, 0.25) is 0 Å². The number of aliphatic imine (C=N–C) groups is 1.